The van der Waals surface area contributed by atoms with E-state index in [9.17, 15) is 13.2 Å². The number of thiophene rings is 1. The Kier molecular flexibility index (Phi) is 6.61. The average molecular weight is 415 g/mol. The number of sulfonamides is 1. The predicted octanol–water partition coefficient (Wildman–Crippen LogP) is 0.967. The Balaban J connectivity index is 1.53. The van der Waals surface area contributed by atoms with Gasteiger partial charge in [0, 0.05) is 6.04 Å². The van der Waals surface area contributed by atoms with E-state index >= 15 is 0 Å². The van der Waals surface area contributed by atoms with Gasteiger partial charge in [0.05, 0.1) is 26.2 Å². The molecule has 0 spiro atoms. The van der Waals surface area contributed by atoms with Crippen molar-refractivity contribution in [1.82, 2.24) is 9.62 Å². The summed E-state index contributed by atoms with van der Waals surface area (Å²) in [4.78, 5) is 13.9. The highest BCUT2D eigenvalue weighted by Gasteiger charge is 2.36. The Morgan fingerprint density at radius 2 is 2.00 bits per heavy atom. The second-order valence-electron chi connectivity index (χ2n) is 8.10. The third-order valence-electron chi connectivity index (χ3n) is 6.49. The first-order valence-electron chi connectivity index (χ1n) is 9.99. The summed E-state index contributed by atoms with van der Waals surface area (Å²) < 4.78 is 27.2. The molecule has 0 radical (unpaired) electrons. The fourth-order valence-electron chi connectivity index (χ4n) is 4.26. The normalized spacial score (nSPS) is 29.4. The summed E-state index contributed by atoms with van der Waals surface area (Å²) >= 11 is 1.25. The molecule has 152 valence electrons. The number of amides is 1. The summed E-state index contributed by atoms with van der Waals surface area (Å²) in [5.74, 6) is 1.26. The Labute approximate surface area is 167 Å². The van der Waals surface area contributed by atoms with E-state index in [1.807, 2.05) is 6.92 Å². The van der Waals surface area contributed by atoms with Crippen LogP contribution in [0, 0.1) is 11.8 Å². The van der Waals surface area contributed by atoms with Crippen LogP contribution in [0.3, 0.4) is 0 Å². The fourth-order valence-corrected chi connectivity index (χ4v) is 6.85. The van der Waals surface area contributed by atoms with Gasteiger partial charge in [-0.2, -0.15) is 4.31 Å². The summed E-state index contributed by atoms with van der Waals surface area (Å²) in [7, 11) is -3.39. The molecule has 2 heterocycles. The lowest BCUT2D eigenvalue weighted by molar-refractivity contribution is -0.917. The van der Waals surface area contributed by atoms with Gasteiger partial charge in [0.25, 0.3) is 15.9 Å². The van der Waals surface area contributed by atoms with E-state index in [4.69, 9.17) is 0 Å². The molecular weight excluding hydrogens is 382 g/mol. The van der Waals surface area contributed by atoms with Crippen molar-refractivity contribution in [3.63, 3.8) is 0 Å². The van der Waals surface area contributed by atoms with Gasteiger partial charge in [-0.25, -0.2) is 8.42 Å². The van der Waals surface area contributed by atoms with E-state index in [2.05, 4.69) is 19.2 Å². The average Bonchev–Trinajstić information content (AvgIpc) is 3.20. The molecule has 8 heteroatoms. The molecule has 2 fully saturated rings. The van der Waals surface area contributed by atoms with Crippen molar-refractivity contribution in [2.45, 2.75) is 56.3 Å². The van der Waals surface area contributed by atoms with Crippen LogP contribution >= 0.6 is 11.3 Å². The highest BCUT2D eigenvalue weighted by molar-refractivity contribution is 7.91. The SMILES string of the molecule is C[C@@H]1[C@H](C)CCC[C@@H]1NC(=O)[C@@H](C)[NH+]1CCN(S(=O)(=O)c2cccs2)CC1. The lowest BCUT2D eigenvalue weighted by Gasteiger charge is -2.37. The molecule has 27 heavy (non-hydrogen) atoms. The van der Waals surface area contributed by atoms with Crippen LogP contribution < -0.4 is 10.2 Å². The zero-order chi connectivity index (χ0) is 19.6. The first-order chi connectivity index (χ1) is 12.8. The quantitative estimate of drug-likeness (QED) is 0.754. The molecule has 1 amide bonds. The number of hydrogen-bond donors (Lipinski definition) is 2. The molecule has 0 aromatic carbocycles. The highest BCUT2D eigenvalue weighted by Crippen LogP contribution is 2.29. The number of carbonyl (C=O) groups is 1. The van der Waals surface area contributed by atoms with Gasteiger partial charge in [0.1, 0.15) is 4.21 Å². The van der Waals surface area contributed by atoms with Crippen LogP contribution in [0.1, 0.15) is 40.0 Å². The smallest absolute Gasteiger partial charge is 0.278 e. The number of nitrogens with one attached hydrogen (secondary N) is 2. The lowest BCUT2D eigenvalue weighted by atomic mass is 9.78. The van der Waals surface area contributed by atoms with Crippen LogP contribution in [0.2, 0.25) is 0 Å². The van der Waals surface area contributed by atoms with Gasteiger partial charge >= 0.3 is 0 Å². The molecule has 1 aromatic heterocycles. The van der Waals surface area contributed by atoms with Crippen LogP contribution in [-0.2, 0) is 14.8 Å². The minimum atomic E-state index is -3.39. The molecule has 1 aromatic rings. The Morgan fingerprint density at radius 1 is 1.30 bits per heavy atom. The molecule has 1 saturated heterocycles. The predicted molar refractivity (Wildman–Crippen MR) is 107 cm³/mol. The number of hydrogen-bond acceptors (Lipinski definition) is 4. The van der Waals surface area contributed by atoms with E-state index in [1.165, 1.54) is 29.1 Å². The summed E-state index contributed by atoms with van der Waals surface area (Å²) in [6.45, 7) is 8.72. The Hall–Kier alpha value is -0.960. The lowest BCUT2D eigenvalue weighted by Crippen LogP contribution is -3.19. The Bertz CT molecular complexity index is 727. The van der Waals surface area contributed by atoms with Crippen LogP contribution in [0.25, 0.3) is 0 Å². The van der Waals surface area contributed by atoms with E-state index in [0.29, 0.717) is 42.2 Å². The largest absolute Gasteiger partial charge is 0.348 e. The van der Waals surface area contributed by atoms with Gasteiger partial charge in [-0.1, -0.05) is 32.8 Å². The monoisotopic (exact) mass is 414 g/mol. The van der Waals surface area contributed by atoms with Gasteiger partial charge in [-0.15, -0.1) is 11.3 Å². The topological polar surface area (TPSA) is 70.9 Å². The Morgan fingerprint density at radius 3 is 2.63 bits per heavy atom. The molecular formula is C19H32N3O3S2+. The molecule has 1 aliphatic carbocycles. The van der Waals surface area contributed by atoms with E-state index in [0.717, 1.165) is 6.42 Å². The van der Waals surface area contributed by atoms with Crippen molar-refractivity contribution in [2.24, 2.45) is 11.8 Å². The molecule has 2 aliphatic rings. The molecule has 0 unspecified atom stereocenters. The standard InChI is InChI=1S/C19H31N3O3S2/c1-14-6-4-7-17(15(14)2)20-19(23)16(3)21-9-11-22(12-10-21)27(24,25)18-8-5-13-26-18/h5,8,13-17H,4,6-7,9-12H2,1-3H3,(H,20,23)/p+1/t14-,15-,16-,17+/m1/s1. The minimum Gasteiger partial charge on any atom is -0.348 e. The maximum absolute atomic E-state index is 12.8. The molecule has 2 N–H and O–H groups in total. The van der Waals surface area contributed by atoms with Crippen LogP contribution in [0.15, 0.2) is 21.7 Å². The van der Waals surface area contributed by atoms with Crippen molar-refractivity contribution in [3.05, 3.63) is 17.5 Å². The number of rotatable bonds is 5. The van der Waals surface area contributed by atoms with Gasteiger partial charge in [-0.3, -0.25) is 4.79 Å². The van der Waals surface area contributed by atoms with Crippen LogP contribution in [-0.4, -0.2) is 56.9 Å². The van der Waals surface area contributed by atoms with Gasteiger partial charge in [-0.05, 0) is 36.6 Å². The molecule has 3 rings (SSSR count). The summed E-state index contributed by atoms with van der Waals surface area (Å²) in [5, 5.41) is 5.06. The summed E-state index contributed by atoms with van der Waals surface area (Å²) in [6, 6.07) is 3.53. The number of carbonyl (C=O) groups excluding carboxylic acids is 1. The zero-order valence-corrected chi connectivity index (χ0v) is 18.1. The van der Waals surface area contributed by atoms with Crippen molar-refractivity contribution in [3.8, 4) is 0 Å². The number of piperazine rings is 1. The van der Waals surface area contributed by atoms with Crippen LogP contribution in [0.5, 0.6) is 0 Å². The minimum absolute atomic E-state index is 0.102. The van der Waals surface area contributed by atoms with Crippen molar-refractivity contribution >= 4 is 27.3 Å². The van der Waals surface area contributed by atoms with Crippen molar-refractivity contribution in [2.75, 3.05) is 26.2 Å². The van der Waals surface area contributed by atoms with Gasteiger partial charge in [0.2, 0.25) is 0 Å². The third kappa shape index (κ3) is 4.55. The van der Waals surface area contributed by atoms with Crippen LogP contribution in [0.4, 0.5) is 0 Å². The second-order valence-corrected chi connectivity index (χ2v) is 11.2. The third-order valence-corrected chi connectivity index (χ3v) is 9.77. The fraction of sp³-hybridized carbons (Fsp3) is 0.737. The summed E-state index contributed by atoms with van der Waals surface area (Å²) in [6.07, 6.45) is 3.48. The van der Waals surface area contributed by atoms with Crippen molar-refractivity contribution in [1.29, 1.82) is 0 Å². The van der Waals surface area contributed by atoms with E-state index in [-0.39, 0.29) is 18.0 Å². The van der Waals surface area contributed by atoms with Gasteiger partial charge in [0.15, 0.2) is 6.04 Å². The highest BCUT2D eigenvalue weighted by atomic mass is 32.2. The van der Waals surface area contributed by atoms with Crippen molar-refractivity contribution < 1.29 is 18.1 Å². The molecule has 6 nitrogen and oxygen atoms in total. The summed E-state index contributed by atoms with van der Waals surface area (Å²) in [5.41, 5.74) is 0. The first-order valence-corrected chi connectivity index (χ1v) is 12.3. The molecule has 1 aliphatic heterocycles. The first kappa shape index (κ1) is 20.8. The maximum Gasteiger partial charge on any atom is 0.278 e. The number of quaternary nitrogens is 1. The molecule has 4 atom stereocenters. The van der Waals surface area contributed by atoms with E-state index in [1.54, 1.807) is 21.8 Å². The zero-order valence-electron chi connectivity index (χ0n) is 16.5. The van der Waals surface area contributed by atoms with E-state index < -0.39 is 10.0 Å². The molecule has 0 bridgehead atoms. The van der Waals surface area contributed by atoms with Gasteiger partial charge < -0.3 is 10.2 Å². The second kappa shape index (κ2) is 8.59. The molecule has 1 saturated carbocycles. The maximum atomic E-state index is 12.8. The number of nitrogens with zero attached hydrogens (tertiary/aromatic N) is 1.